The first-order chi connectivity index (χ1) is 7.91. The van der Waals surface area contributed by atoms with Crippen LogP contribution in [0.25, 0.3) is 0 Å². The summed E-state index contributed by atoms with van der Waals surface area (Å²) in [7, 11) is 1.14. The van der Waals surface area contributed by atoms with Gasteiger partial charge in [-0.3, -0.25) is 0 Å². The third kappa shape index (κ3) is 2.85. The lowest BCUT2D eigenvalue weighted by Crippen LogP contribution is -2.09. The Morgan fingerprint density at radius 2 is 2.06 bits per heavy atom. The summed E-state index contributed by atoms with van der Waals surface area (Å²) in [6.45, 7) is 1.49. The number of methoxy groups -OCH3 is 1. The Hall–Kier alpha value is -1.81. The van der Waals surface area contributed by atoms with Gasteiger partial charge in [0.1, 0.15) is 5.75 Å². The molecule has 0 N–H and O–H groups in total. The van der Waals surface area contributed by atoms with E-state index in [1.807, 2.05) is 0 Å². The van der Waals surface area contributed by atoms with Gasteiger partial charge in [-0.1, -0.05) is 12.1 Å². The van der Waals surface area contributed by atoms with E-state index in [4.69, 9.17) is 4.74 Å². The van der Waals surface area contributed by atoms with E-state index in [0.29, 0.717) is 0 Å². The van der Waals surface area contributed by atoms with Crippen LogP contribution in [0.4, 0.5) is 13.2 Å². The number of halogens is 3. The summed E-state index contributed by atoms with van der Waals surface area (Å²) in [6.07, 6.45) is -3.19. The first-order valence-corrected chi connectivity index (χ1v) is 4.73. The van der Waals surface area contributed by atoms with Gasteiger partial charge in [-0.25, -0.2) is 4.79 Å². The van der Waals surface area contributed by atoms with Crippen molar-refractivity contribution in [3.05, 3.63) is 29.3 Å². The molecule has 1 atom stereocenters. The minimum absolute atomic E-state index is 0.200. The molecule has 0 fully saturated rings. The zero-order valence-corrected chi connectivity index (χ0v) is 9.21. The molecule has 0 bridgehead atoms. The van der Waals surface area contributed by atoms with E-state index in [1.165, 1.54) is 25.1 Å². The monoisotopic (exact) mass is 245 g/mol. The molecule has 1 rings (SSSR count). The van der Waals surface area contributed by atoms with Crippen LogP contribution in [-0.2, 0) is 11.0 Å². The van der Waals surface area contributed by atoms with E-state index in [0.717, 1.165) is 13.2 Å². The van der Waals surface area contributed by atoms with Crippen molar-refractivity contribution in [2.24, 2.45) is 4.99 Å². The summed E-state index contributed by atoms with van der Waals surface area (Å²) in [5.41, 5.74) is -0.684. The Balaban J connectivity index is 3.38. The largest absolute Gasteiger partial charge is 0.496 e. The molecule has 1 aromatic carbocycles. The molecule has 6 heteroatoms. The quantitative estimate of drug-likeness (QED) is 0.606. The molecule has 17 heavy (non-hydrogen) atoms. The number of para-hydroxylation sites is 1. The third-order valence-corrected chi connectivity index (χ3v) is 2.25. The standard InChI is InChI=1S/C11H10F3NO2/c1-7(15-6-16)8-4-3-5-9(10(8)17-2)11(12,13)14/h3-5,7H,1-2H3. The number of ether oxygens (including phenoxy) is 1. The van der Waals surface area contributed by atoms with Gasteiger partial charge >= 0.3 is 6.18 Å². The Bertz CT molecular complexity index is 451. The number of rotatable bonds is 3. The number of hydrogen-bond donors (Lipinski definition) is 0. The van der Waals surface area contributed by atoms with Gasteiger partial charge in [0.25, 0.3) is 0 Å². The number of nitrogens with zero attached hydrogens (tertiary/aromatic N) is 1. The average molecular weight is 245 g/mol. The summed E-state index contributed by atoms with van der Waals surface area (Å²) in [5.74, 6) is -0.313. The highest BCUT2D eigenvalue weighted by molar-refractivity contribution is 5.46. The molecule has 0 aliphatic heterocycles. The Labute approximate surface area is 95.9 Å². The van der Waals surface area contributed by atoms with Gasteiger partial charge in [0.2, 0.25) is 6.08 Å². The third-order valence-electron chi connectivity index (χ3n) is 2.25. The molecule has 3 nitrogen and oxygen atoms in total. The van der Waals surface area contributed by atoms with Crippen LogP contribution in [0.3, 0.4) is 0 Å². The van der Waals surface area contributed by atoms with Gasteiger partial charge < -0.3 is 4.74 Å². The van der Waals surface area contributed by atoms with E-state index >= 15 is 0 Å². The molecule has 0 saturated carbocycles. The van der Waals surface area contributed by atoms with Crippen molar-refractivity contribution in [3.63, 3.8) is 0 Å². The summed E-state index contributed by atoms with van der Waals surface area (Å²) >= 11 is 0. The molecule has 0 amide bonds. The Morgan fingerprint density at radius 3 is 2.53 bits per heavy atom. The van der Waals surface area contributed by atoms with Crippen LogP contribution in [0.1, 0.15) is 24.1 Å². The predicted octanol–water partition coefficient (Wildman–Crippen LogP) is 3.11. The highest BCUT2D eigenvalue weighted by Gasteiger charge is 2.35. The van der Waals surface area contributed by atoms with Crippen molar-refractivity contribution in [1.82, 2.24) is 0 Å². The van der Waals surface area contributed by atoms with Crippen LogP contribution in [0.5, 0.6) is 5.75 Å². The van der Waals surface area contributed by atoms with Gasteiger partial charge in [0.15, 0.2) is 0 Å². The van der Waals surface area contributed by atoms with Crippen LogP contribution in [0.2, 0.25) is 0 Å². The summed E-state index contributed by atoms with van der Waals surface area (Å²) in [6, 6.07) is 2.86. The fourth-order valence-corrected chi connectivity index (χ4v) is 1.48. The van der Waals surface area contributed by atoms with Crippen LogP contribution in [0.15, 0.2) is 23.2 Å². The minimum atomic E-state index is -4.51. The van der Waals surface area contributed by atoms with Gasteiger partial charge in [-0.2, -0.15) is 18.2 Å². The zero-order chi connectivity index (χ0) is 13.1. The molecular formula is C11H10F3NO2. The molecule has 0 radical (unpaired) electrons. The topological polar surface area (TPSA) is 38.7 Å². The van der Waals surface area contributed by atoms with Gasteiger partial charge in [0.05, 0.1) is 18.7 Å². The number of hydrogen-bond acceptors (Lipinski definition) is 3. The number of carbonyl (C=O) groups excluding carboxylic acids is 1. The summed E-state index contributed by atoms with van der Waals surface area (Å²) in [4.78, 5) is 13.5. The highest BCUT2D eigenvalue weighted by Crippen LogP contribution is 2.40. The van der Waals surface area contributed by atoms with Crippen LogP contribution < -0.4 is 4.74 Å². The molecule has 0 aliphatic rings. The van der Waals surface area contributed by atoms with Crippen molar-refractivity contribution >= 4 is 6.08 Å². The van der Waals surface area contributed by atoms with E-state index in [2.05, 4.69) is 4.99 Å². The Morgan fingerprint density at radius 1 is 1.41 bits per heavy atom. The summed E-state index contributed by atoms with van der Waals surface area (Å²) < 4.78 is 42.8. The van der Waals surface area contributed by atoms with E-state index in [-0.39, 0.29) is 11.3 Å². The zero-order valence-electron chi connectivity index (χ0n) is 9.21. The molecular weight excluding hydrogens is 235 g/mol. The minimum Gasteiger partial charge on any atom is -0.496 e. The van der Waals surface area contributed by atoms with Crippen LogP contribution in [-0.4, -0.2) is 13.2 Å². The second-order valence-electron chi connectivity index (χ2n) is 3.32. The second kappa shape index (κ2) is 5.01. The normalized spacial score (nSPS) is 12.8. The molecule has 1 aromatic rings. The smallest absolute Gasteiger partial charge is 0.419 e. The van der Waals surface area contributed by atoms with E-state index in [1.54, 1.807) is 0 Å². The Kier molecular flexibility index (Phi) is 3.91. The fourth-order valence-electron chi connectivity index (χ4n) is 1.48. The van der Waals surface area contributed by atoms with Crippen LogP contribution in [0, 0.1) is 0 Å². The average Bonchev–Trinajstić information content (AvgIpc) is 2.27. The second-order valence-corrected chi connectivity index (χ2v) is 3.32. The lowest BCUT2D eigenvalue weighted by atomic mass is 10.0. The molecule has 0 heterocycles. The van der Waals surface area contributed by atoms with E-state index < -0.39 is 17.8 Å². The lowest BCUT2D eigenvalue weighted by molar-refractivity contribution is -0.138. The molecule has 0 saturated heterocycles. The van der Waals surface area contributed by atoms with Crippen molar-refractivity contribution in [1.29, 1.82) is 0 Å². The number of benzene rings is 1. The van der Waals surface area contributed by atoms with Gasteiger partial charge in [-0.15, -0.1) is 0 Å². The SMILES string of the molecule is COc1c(C(C)N=C=O)cccc1C(F)(F)F. The van der Waals surface area contributed by atoms with Crippen molar-refractivity contribution in [2.45, 2.75) is 19.1 Å². The lowest BCUT2D eigenvalue weighted by Gasteiger charge is -2.16. The van der Waals surface area contributed by atoms with Crippen molar-refractivity contribution in [3.8, 4) is 5.75 Å². The summed E-state index contributed by atoms with van der Waals surface area (Å²) in [5, 5.41) is 0. The predicted molar refractivity (Wildman–Crippen MR) is 54.5 cm³/mol. The highest BCUT2D eigenvalue weighted by atomic mass is 19.4. The van der Waals surface area contributed by atoms with E-state index in [9.17, 15) is 18.0 Å². The maximum Gasteiger partial charge on any atom is 0.419 e. The number of alkyl halides is 3. The number of isocyanates is 1. The maximum atomic E-state index is 12.7. The molecule has 0 aliphatic carbocycles. The van der Waals surface area contributed by atoms with Gasteiger partial charge in [-0.05, 0) is 13.0 Å². The van der Waals surface area contributed by atoms with Crippen LogP contribution >= 0.6 is 0 Å². The first kappa shape index (κ1) is 13.3. The molecule has 0 aromatic heterocycles. The number of aliphatic imine (C=N–C) groups is 1. The van der Waals surface area contributed by atoms with Crippen molar-refractivity contribution < 1.29 is 22.7 Å². The molecule has 0 spiro atoms. The maximum absolute atomic E-state index is 12.7. The molecule has 1 unspecified atom stereocenters. The van der Waals surface area contributed by atoms with Gasteiger partial charge in [0, 0.05) is 5.56 Å². The van der Waals surface area contributed by atoms with Crippen molar-refractivity contribution in [2.75, 3.05) is 7.11 Å². The fraction of sp³-hybridized carbons (Fsp3) is 0.364. The first-order valence-electron chi connectivity index (χ1n) is 4.73. The molecule has 92 valence electrons.